The second-order valence-corrected chi connectivity index (χ2v) is 9.42. The maximum atomic E-state index is 11.8. The third kappa shape index (κ3) is 5.92. The predicted octanol–water partition coefficient (Wildman–Crippen LogP) is 5.28. The molecule has 29 heavy (non-hydrogen) atoms. The van der Waals surface area contributed by atoms with Crippen molar-refractivity contribution in [2.24, 2.45) is 5.16 Å². The molecule has 6 heteroatoms. The van der Waals surface area contributed by atoms with Crippen LogP contribution < -0.4 is 0 Å². The summed E-state index contributed by atoms with van der Waals surface area (Å²) in [5.41, 5.74) is 5.29. The van der Waals surface area contributed by atoms with Gasteiger partial charge in [-0.3, -0.25) is 0 Å². The zero-order valence-corrected chi connectivity index (χ0v) is 17.9. The Morgan fingerprint density at radius 3 is 2.41 bits per heavy atom. The minimum atomic E-state index is -3.28. The normalized spacial score (nSPS) is 12.0. The molecule has 0 saturated heterocycles. The Hall–Kier alpha value is -2.63. The molecule has 3 rings (SSSR count). The summed E-state index contributed by atoms with van der Waals surface area (Å²) in [4.78, 5) is 5.57. The highest BCUT2D eigenvalue weighted by Gasteiger charge is 2.13. The lowest BCUT2D eigenvalue weighted by Gasteiger charge is -2.12. The molecule has 0 aliphatic heterocycles. The van der Waals surface area contributed by atoms with E-state index in [2.05, 4.69) is 23.4 Å². The number of rotatable bonds is 7. The molecule has 0 aromatic heterocycles. The highest BCUT2D eigenvalue weighted by Crippen LogP contribution is 2.26. The van der Waals surface area contributed by atoms with Gasteiger partial charge in [0.15, 0.2) is 9.84 Å². The molecule has 3 aromatic carbocycles. The number of halogens is 1. The first-order valence-electron chi connectivity index (χ1n) is 9.10. The fraction of sp³-hybridized carbons (Fsp3) is 0.174. The Morgan fingerprint density at radius 2 is 1.72 bits per heavy atom. The van der Waals surface area contributed by atoms with Crippen molar-refractivity contribution in [3.8, 4) is 11.1 Å². The van der Waals surface area contributed by atoms with Crippen molar-refractivity contribution in [1.82, 2.24) is 0 Å². The zero-order valence-electron chi connectivity index (χ0n) is 16.3. The fourth-order valence-corrected chi connectivity index (χ4v) is 3.94. The summed E-state index contributed by atoms with van der Waals surface area (Å²) in [5, 5.41) is 4.65. The zero-order chi connectivity index (χ0) is 20.9. The first-order valence-corrected chi connectivity index (χ1v) is 11.5. The molecule has 4 nitrogen and oxygen atoms in total. The van der Waals surface area contributed by atoms with Gasteiger partial charge in [-0.15, -0.1) is 0 Å². The van der Waals surface area contributed by atoms with Gasteiger partial charge < -0.3 is 4.84 Å². The Balaban J connectivity index is 1.84. The fourth-order valence-electron chi connectivity index (χ4n) is 3.03. The molecule has 0 aliphatic rings. The van der Waals surface area contributed by atoms with Gasteiger partial charge in [0.2, 0.25) is 0 Å². The van der Waals surface area contributed by atoms with E-state index in [0.717, 1.165) is 22.3 Å². The standard InChI is InChI=1S/C23H22ClNO3S/c1-17-20(11-7-13-22(17)18-8-4-3-5-9-18)15-28-25-23(16-29(2,26)27)19-10-6-12-21(24)14-19/h3-14H,15-16H2,1-2H3/b25-23-. The highest BCUT2D eigenvalue weighted by atomic mass is 35.5. The second kappa shape index (κ2) is 9.25. The van der Waals surface area contributed by atoms with E-state index in [0.29, 0.717) is 16.3 Å². The molecule has 0 heterocycles. The summed E-state index contributed by atoms with van der Waals surface area (Å²) in [6.45, 7) is 2.28. The van der Waals surface area contributed by atoms with Gasteiger partial charge >= 0.3 is 0 Å². The minimum absolute atomic E-state index is 0.226. The van der Waals surface area contributed by atoms with Gasteiger partial charge in [0.05, 0.1) is 5.75 Å². The number of oxime groups is 1. The summed E-state index contributed by atoms with van der Waals surface area (Å²) < 4.78 is 23.6. The van der Waals surface area contributed by atoms with E-state index in [1.807, 2.05) is 37.3 Å². The lowest BCUT2D eigenvalue weighted by atomic mass is 9.97. The summed E-state index contributed by atoms with van der Waals surface area (Å²) in [6.07, 6.45) is 1.17. The number of sulfone groups is 1. The maximum absolute atomic E-state index is 11.8. The number of nitrogens with zero attached hydrogens (tertiary/aromatic N) is 1. The van der Waals surface area contributed by atoms with Gasteiger partial charge in [-0.1, -0.05) is 77.4 Å². The molecule has 0 saturated carbocycles. The Kier molecular flexibility index (Phi) is 6.72. The van der Waals surface area contributed by atoms with Crippen LogP contribution in [0, 0.1) is 6.92 Å². The van der Waals surface area contributed by atoms with Crippen molar-refractivity contribution in [2.45, 2.75) is 13.5 Å². The summed E-state index contributed by atoms with van der Waals surface area (Å²) in [6, 6.07) is 23.1. The van der Waals surface area contributed by atoms with E-state index in [1.165, 1.54) is 6.26 Å². The van der Waals surface area contributed by atoms with E-state index in [1.54, 1.807) is 24.3 Å². The molecular weight excluding hydrogens is 406 g/mol. The quantitative estimate of drug-likeness (QED) is 0.380. The molecule has 0 aliphatic carbocycles. The average molecular weight is 428 g/mol. The monoisotopic (exact) mass is 427 g/mol. The molecule has 0 amide bonds. The molecule has 0 spiro atoms. The molecule has 0 unspecified atom stereocenters. The van der Waals surface area contributed by atoms with Crippen LogP contribution in [0.1, 0.15) is 16.7 Å². The van der Waals surface area contributed by atoms with Crippen molar-refractivity contribution in [2.75, 3.05) is 12.0 Å². The van der Waals surface area contributed by atoms with E-state index >= 15 is 0 Å². The SMILES string of the molecule is Cc1c(CO/N=C(/CS(C)(=O)=O)c2cccc(Cl)c2)cccc1-c1ccccc1. The molecule has 0 atom stereocenters. The minimum Gasteiger partial charge on any atom is -0.391 e. The Labute approximate surface area is 176 Å². The van der Waals surface area contributed by atoms with E-state index in [4.69, 9.17) is 16.4 Å². The van der Waals surface area contributed by atoms with Gasteiger partial charge in [0.1, 0.15) is 12.3 Å². The number of benzene rings is 3. The third-order valence-corrected chi connectivity index (χ3v) is 5.52. The summed E-state index contributed by atoms with van der Waals surface area (Å²) in [5.74, 6) is -0.226. The van der Waals surface area contributed by atoms with E-state index in [9.17, 15) is 8.42 Å². The summed E-state index contributed by atoms with van der Waals surface area (Å²) in [7, 11) is -3.28. The van der Waals surface area contributed by atoms with Crippen molar-refractivity contribution >= 4 is 27.1 Å². The average Bonchev–Trinajstić information content (AvgIpc) is 2.68. The lowest BCUT2D eigenvalue weighted by Crippen LogP contribution is -2.16. The van der Waals surface area contributed by atoms with Crippen LogP contribution in [0.15, 0.2) is 78.0 Å². The predicted molar refractivity (Wildman–Crippen MR) is 119 cm³/mol. The maximum Gasteiger partial charge on any atom is 0.153 e. The third-order valence-electron chi connectivity index (χ3n) is 4.48. The van der Waals surface area contributed by atoms with Crippen LogP contribution in [-0.2, 0) is 21.3 Å². The molecule has 0 fully saturated rings. The molecule has 0 radical (unpaired) electrons. The van der Waals surface area contributed by atoms with Crippen LogP contribution >= 0.6 is 11.6 Å². The van der Waals surface area contributed by atoms with Gasteiger partial charge in [-0.2, -0.15) is 0 Å². The smallest absolute Gasteiger partial charge is 0.153 e. The van der Waals surface area contributed by atoms with Crippen molar-refractivity contribution in [3.05, 3.63) is 94.5 Å². The highest BCUT2D eigenvalue weighted by molar-refractivity contribution is 7.91. The van der Waals surface area contributed by atoms with Crippen LogP contribution in [0.5, 0.6) is 0 Å². The Bertz CT molecular complexity index is 1130. The van der Waals surface area contributed by atoms with Crippen LogP contribution in [0.4, 0.5) is 0 Å². The topological polar surface area (TPSA) is 55.7 Å². The van der Waals surface area contributed by atoms with Gasteiger partial charge in [-0.25, -0.2) is 8.42 Å². The van der Waals surface area contributed by atoms with Gasteiger partial charge in [0.25, 0.3) is 0 Å². The summed E-state index contributed by atoms with van der Waals surface area (Å²) >= 11 is 6.04. The number of hydrogen-bond donors (Lipinski definition) is 0. The van der Waals surface area contributed by atoms with Crippen molar-refractivity contribution < 1.29 is 13.3 Å². The van der Waals surface area contributed by atoms with Crippen molar-refractivity contribution in [3.63, 3.8) is 0 Å². The molecule has 0 bridgehead atoms. The molecular formula is C23H22ClNO3S. The van der Waals surface area contributed by atoms with Crippen LogP contribution in [0.3, 0.4) is 0 Å². The van der Waals surface area contributed by atoms with Gasteiger partial charge in [0, 0.05) is 16.8 Å². The van der Waals surface area contributed by atoms with Crippen LogP contribution in [0.2, 0.25) is 5.02 Å². The number of hydrogen-bond acceptors (Lipinski definition) is 4. The second-order valence-electron chi connectivity index (χ2n) is 6.85. The lowest BCUT2D eigenvalue weighted by molar-refractivity contribution is 0.130. The van der Waals surface area contributed by atoms with Gasteiger partial charge in [-0.05, 0) is 41.3 Å². The van der Waals surface area contributed by atoms with Crippen LogP contribution in [-0.4, -0.2) is 26.1 Å². The Morgan fingerprint density at radius 1 is 1.00 bits per heavy atom. The van der Waals surface area contributed by atoms with E-state index in [-0.39, 0.29) is 12.4 Å². The first kappa shape index (κ1) is 21.1. The first-order chi connectivity index (χ1) is 13.8. The van der Waals surface area contributed by atoms with Crippen LogP contribution in [0.25, 0.3) is 11.1 Å². The molecule has 0 N–H and O–H groups in total. The van der Waals surface area contributed by atoms with E-state index < -0.39 is 9.84 Å². The molecule has 150 valence electrons. The van der Waals surface area contributed by atoms with Crippen molar-refractivity contribution in [1.29, 1.82) is 0 Å². The largest absolute Gasteiger partial charge is 0.391 e. The molecule has 3 aromatic rings.